The van der Waals surface area contributed by atoms with Gasteiger partial charge in [0.15, 0.2) is 0 Å². The largest absolute Gasteiger partial charge is 0.381 e. The van der Waals surface area contributed by atoms with Gasteiger partial charge in [-0.2, -0.15) is 0 Å². The van der Waals surface area contributed by atoms with Gasteiger partial charge in [0.1, 0.15) is 17.6 Å². The maximum Gasteiger partial charge on any atom is 0.257 e. The van der Waals surface area contributed by atoms with Gasteiger partial charge >= 0.3 is 0 Å². The van der Waals surface area contributed by atoms with E-state index < -0.39 is 0 Å². The molecule has 1 aromatic rings. The molecule has 3 aliphatic rings. The Kier molecular flexibility index (Phi) is 5.19. The van der Waals surface area contributed by atoms with E-state index in [-0.39, 0.29) is 11.9 Å². The van der Waals surface area contributed by atoms with Crippen molar-refractivity contribution in [2.45, 2.75) is 31.4 Å². The number of halogens is 1. The van der Waals surface area contributed by atoms with Crippen LogP contribution >= 0.6 is 0 Å². The Hall–Kier alpha value is -1.96. The summed E-state index contributed by atoms with van der Waals surface area (Å²) >= 11 is 0. The molecule has 0 bridgehead atoms. The highest BCUT2D eigenvalue weighted by atomic mass is 19.1. The first-order valence-corrected chi connectivity index (χ1v) is 9.15. The van der Waals surface area contributed by atoms with Crippen molar-refractivity contribution >= 4 is 12.4 Å². The Bertz CT molecular complexity index is 726. The quantitative estimate of drug-likeness (QED) is 0.760. The summed E-state index contributed by atoms with van der Waals surface area (Å²) in [6.45, 7) is 8.03. The van der Waals surface area contributed by atoms with Crippen molar-refractivity contribution in [1.29, 1.82) is 0 Å². The average molecular weight is 359 g/mol. The molecule has 0 aliphatic carbocycles. The van der Waals surface area contributed by atoms with Gasteiger partial charge in [-0.1, -0.05) is 0 Å². The average Bonchev–Trinajstić information content (AvgIpc) is 3.28. The summed E-state index contributed by atoms with van der Waals surface area (Å²) in [7, 11) is 0. The van der Waals surface area contributed by atoms with Crippen molar-refractivity contribution in [2.24, 2.45) is 10.3 Å². The third kappa shape index (κ3) is 3.75. The van der Waals surface area contributed by atoms with Crippen LogP contribution in [0, 0.1) is 5.82 Å². The minimum Gasteiger partial charge on any atom is -0.381 e. The van der Waals surface area contributed by atoms with Crippen molar-refractivity contribution in [2.75, 3.05) is 32.9 Å². The summed E-state index contributed by atoms with van der Waals surface area (Å²) < 4.78 is 26.3. The van der Waals surface area contributed by atoms with Crippen LogP contribution in [0.2, 0.25) is 0 Å². The Morgan fingerprint density at radius 2 is 2.00 bits per heavy atom. The summed E-state index contributed by atoms with van der Waals surface area (Å²) in [5, 5.41) is 8.18. The molecule has 7 heteroatoms. The van der Waals surface area contributed by atoms with E-state index in [9.17, 15) is 4.39 Å². The fourth-order valence-electron chi connectivity index (χ4n) is 3.78. The number of nitrogens with zero attached hydrogens (tertiary/aromatic N) is 4. The molecule has 4 rings (SSSR count). The number of benzene rings is 1. The highest BCUT2D eigenvalue weighted by Crippen LogP contribution is 2.28. The molecule has 3 heterocycles. The van der Waals surface area contributed by atoms with Gasteiger partial charge < -0.3 is 9.47 Å². The fourth-order valence-corrected chi connectivity index (χ4v) is 3.78. The normalized spacial score (nSPS) is 24.8. The monoisotopic (exact) mass is 359 g/mol. The SMILES string of the molecule is C=[N+]1N=NC(c2ccc(F)cc2)=C1COC1CCN(C2CCOCC2)C1. The lowest BCUT2D eigenvalue weighted by molar-refractivity contribution is -0.479. The molecule has 1 unspecified atom stereocenters. The third-order valence-electron chi connectivity index (χ3n) is 5.29. The molecule has 0 saturated carbocycles. The van der Waals surface area contributed by atoms with E-state index in [1.54, 1.807) is 12.1 Å². The van der Waals surface area contributed by atoms with Crippen molar-refractivity contribution in [3.63, 3.8) is 0 Å². The van der Waals surface area contributed by atoms with Crippen LogP contribution in [0.5, 0.6) is 0 Å². The van der Waals surface area contributed by atoms with E-state index in [0.717, 1.165) is 56.8 Å². The fraction of sp³-hybridized carbons (Fsp3) is 0.526. The molecular weight excluding hydrogens is 335 g/mol. The standard InChI is InChI=1S/C19H24FN4O2/c1-23-18(19(21-22-23)14-2-4-15(20)5-3-14)13-26-17-6-9-24(12-17)16-7-10-25-11-8-16/h2-5,16-17H,1,6-13H2/q+1. The number of hydrogen-bond donors (Lipinski definition) is 0. The van der Waals surface area contributed by atoms with E-state index in [1.807, 2.05) is 0 Å². The number of likely N-dealkylation sites (tertiary alicyclic amines) is 1. The van der Waals surface area contributed by atoms with Gasteiger partial charge in [0.25, 0.3) is 5.70 Å². The van der Waals surface area contributed by atoms with E-state index in [4.69, 9.17) is 9.47 Å². The van der Waals surface area contributed by atoms with Crippen molar-refractivity contribution < 1.29 is 18.5 Å². The number of rotatable bonds is 5. The second kappa shape index (κ2) is 7.73. The minimum absolute atomic E-state index is 0.203. The topological polar surface area (TPSA) is 49.4 Å². The van der Waals surface area contributed by atoms with Gasteiger partial charge in [-0.25, -0.2) is 4.39 Å². The number of hydrogen-bond acceptors (Lipinski definition) is 5. The van der Waals surface area contributed by atoms with Crippen LogP contribution in [0.4, 0.5) is 4.39 Å². The van der Waals surface area contributed by atoms with E-state index >= 15 is 0 Å². The summed E-state index contributed by atoms with van der Waals surface area (Å²) in [6.07, 6.45) is 3.45. The molecule has 1 aromatic carbocycles. The van der Waals surface area contributed by atoms with Gasteiger partial charge in [0.2, 0.25) is 5.70 Å². The molecule has 138 valence electrons. The number of ether oxygens (including phenoxy) is 2. The predicted molar refractivity (Wildman–Crippen MR) is 95.3 cm³/mol. The highest BCUT2D eigenvalue weighted by Gasteiger charge is 2.32. The molecule has 26 heavy (non-hydrogen) atoms. The van der Waals surface area contributed by atoms with Gasteiger partial charge in [-0.3, -0.25) is 4.90 Å². The second-order valence-electron chi connectivity index (χ2n) is 6.95. The summed E-state index contributed by atoms with van der Waals surface area (Å²) in [4.78, 5) is 2.52. The molecular formula is C19H24FN4O2+. The van der Waals surface area contributed by atoms with Crippen LogP contribution in [-0.2, 0) is 9.47 Å². The Balaban J connectivity index is 1.38. The molecule has 2 fully saturated rings. The van der Waals surface area contributed by atoms with Crippen LogP contribution < -0.4 is 0 Å². The van der Waals surface area contributed by atoms with E-state index in [1.165, 1.54) is 16.8 Å². The van der Waals surface area contributed by atoms with Crippen LogP contribution in [0.15, 0.2) is 40.3 Å². The third-order valence-corrected chi connectivity index (χ3v) is 5.29. The van der Waals surface area contributed by atoms with Gasteiger partial charge in [-0.15, -0.1) is 4.68 Å². The van der Waals surface area contributed by atoms with Gasteiger partial charge in [0, 0.05) is 37.9 Å². The zero-order chi connectivity index (χ0) is 17.9. The van der Waals surface area contributed by atoms with Gasteiger partial charge in [0.05, 0.1) is 17.9 Å². The van der Waals surface area contributed by atoms with Crippen molar-refractivity contribution in [3.8, 4) is 0 Å². The van der Waals surface area contributed by atoms with Gasteiger partial charge in [-0.05, 0) is 43.5 Å². The smallest absolute Gasteiger partial charge is 0.257 e. The van der Waals surface area contributed by atoms with Crippen LogP contribution in [0.3, 0.4) is 0 Å². The first-order valence-electron chi connectivity index (χ1n) is 9.15. The molecule has 0 aromatic heterocycles. The summed E-state index contributed by atoms with van der Waals surface area (Å²) in [5.41, 5.74) is 2.32. The molecule has 0 N–H and O–H groups in total. The van der Waals surface area contributed by atoms with Crippen LogP contribution in [0.25, 0.3) is 5.70 Å². The first-order chi connectivity index (χ1) is 12.7. The molecule has 0 amide bonds. The molecule has 2 saturated heterocycles. The zero-order valence-corrected chi connectivity index (χ0v) is 14.8. The van der Waals surface area contributed by atoms with Crippen molar-refractivity contribution in [1.82, 2.24) is 4.90 Å². The maximum atomic E-state index is 13.2. The maximum absolute atomic E-state index is 13.2. The minimum atomic E-state index is -0.271. The van der Waals surface area contributed by atoms with E-state index in [2.05, 4.69) is 22.0 Å². The molecule has 0 spiro atoms. The predicted octanol–water partition coefficient (Wildman–Crippen LogP) is 2.86. The lowest BCUT2D eigenvalue weighted by Gasteiger charge is -2.30. The lowest BCUT2D eigenvalue weighted by Crippen LogP contribution is -2.38. The van der Waals surface area contributed by atoms with Crippen LogP contribution in [0.1, 0.15) is 24.8 Å². The molecule has 0 radical (unpaired) electrons. The molecule has 1 atom stereocenters. The first kappa shape index (κ1) is 17.5. The summed E-state index contributed by atoms with van der Waals surface area (Å²) in [5.74, 6) is -0.271. The Morgan fingerprint density at radius 1 is 1.23 bits per heavy atom. The Labute approximate surface area is 152 Å². The molecule has 6 nitrogen and oxygen atoms in total. The Morgan fingerprint density at radius 3 is 2.77 bits per heavy atom. The highest BCUT2D eigenvalue weighted by molar-refractivity contribution is 5.66. The summed E-state index contributed by atoms with van der Waals surface area (Å²) in [6, 6.07) is 6.86. The lowest BCUT2D eigenvalue weighted by atomic mass is 10.1. The van der Waals surface area contributed by atoms with E-state index in [0.29, 0.717) is 18.3 Å². The molecule has 3 aliphatic heterocycles. The van der Waals surface area contributed by atoms with Crippen molar-refractivity contribution in [3.05, 3.63) is 41.3 Å². The van der Waals surface area contributed by atoms with Crippen LogP contribution in [-0.4, -0.2) is 61.4 Å². The second-order valence-corrected chi connectivity index (χ2v) is 6.95. The zero-order valence-electron chi connectivity index (χ0n) is 14.8.